The van der Waals surface area contributed by atoms with Crippen molar-refractivity contribution in [2.75, 3.05) is 11.9 Å². The number of fused-ring (bicyclic) bond motifs is 2. The number of halogens is 1. The van der Waals surface area contributed by atoms with E-state index in [9.17, 15) is 17.6 Å². The highest BCUT2D eigenvalue weighted by atomic mass is 32.2. The molecule has 34 heavy (non-hydrogen) atoms. The lowest BCUT2D eigenvalue weighted by molar-refractivity contribution is -0.113. The van der Waals surface area contributed by atoms with E-state index >= 15 is 0 Å². The van der Waals surface area contributed by atoms with Gasteiger partial charge >= 0.3 is 0 Å². The average molecular weight is 484 g/mol. The summed E-state index contributed by atoms with van der Waals surface area (Å²) in [4.78, 5) is 15.8. The van der Waals surface area contributed by atoms with E-state index in [1.807, 2.05) is 0 Å². The Morgan fingerprint density at radius 3 is 2.35 bits per heavy atom. The molecule has 1 amide bonds. The fraction of sp³-hybridized carbons (Fsp3) is 0.423. The predicted octanol–water partition coefficient (Wildman–Crippen LogP) is 3.41. The first-order valence-corrected chi connectivity index (χ1v) is 13.2. The first-order valence-electron chi connectivity index (χ1n) is 12.1. The third-order valence-corrected chi connectivity index (χ3v) is 7.66. The molecule has 2 aliphatic carbocycles. The van der Waals surface area contributed by atoms with Crippen molar-refractivity contribution >= 4 is 22.5 Å². The summed E-state index contributed by atoms with van der Waals surface area (Å²) in [6.45, 7) is 1.35. The van der Waals surface area contributed by atoms with E-state index in [0.29, 0.717) is 12.1 Å². The lowest BCUT2D eigenvalue weighted by atomic mass is 9.97. The Labute approximate surface area is 201 Å². The van der Waals surface area contributed by atoms with Crippen molar-refractivity contribution in [3.8, 4) is 0 Å². The van der Waals surface area contributed by atoms with Gasteiger partial charge in [-0.25, -0.2) is 12.8 Å². The van der Waals surface area contributed by atoms with Crippen molar-refractivity contribution in [1.82, 2.24) is 9.62 Å². The number of likely N-dealkylation sites (tertiary alicyclic amines) is 1. The molecule has 2 aromatic rings. The zero-order chi connectivity index (χ0) is 23.7. The minimum Gasteiger partial charge on any atom is -0.322 e. The predicted molar refractivity (Wildman–Crippen MR) is 130 cm³/mol. The number of amides is 1. The van der Waals surface area contributed by atoms with E-state index in [1.165, 1.54) is 40.6 Å². The Morgan fingerprint density at radius 2 is 1.71 bits per heavy atom. The number of aryl methyl sites for hydroxylation is 2. The molecule has 0 spiro atoms. The van der Waals surface area contributed by atoms with Gasteiger partial charge in [0.2, 0.25) is 10.9 Å². The van der Waals surface area contributed by atoms with E-state index in [0.717, 1.165) is 69.2 Å². The zero-order valence-electron chi connectivity index (χ0n) is 19.1. The van der Waals surface area contributed by atoms with Crippen molar-refractivity contribution in [1.29, 1.82) is 0 Å². The van der Waals surface area contributed by atoms with Gasteiger partial charge in [0.25, 0.3) is 5.91 Å². The monoisotopic (exact) mass is 483 g/mol. The topological polar surface area (TPSA) is 78.5 Å². The van der Waals surface area contributed by atoms with Gasteiger partial charge in [0.15, 0.2) is 0 Å². The van der Waals surface area contributed by atoms with Crippen LogP contribution in [-0.2, 0) is 47.9 Å². The van der Waals surface area contributed by atoms with Gasteiger partial charge in [-0.05, 0) is 97.9 Å². The number of hydrogen-bond donors (Lipinski definition) is 3. The number of anilines is 1. The summed E-state index contributed by atoms with van der Waals surface area (Å²) in [6.07, 6.45) is 9.19. The van der Waals surface area contributed by atoms with Gasteiger partial charge in [0.1, 0.15) is 5.82 Å². The molecule has 1 fully saturated rings. The molecule has 0 radical (unpaired) electrons. The molecule has 1 heterocycles. The van der Waals surface area contributed by atoms with Gasteiger partial charge in [-0.3, -0.25) is 14.4 Å². The molecular weight excluding hydrogens is 453 g/mol. The number of rotatable bonds is 7. The van der Waals surface area contributed by atoms with Crippen LogP contribution in [0.1, 0.15) is 53.5 Å². The second-order valence-electron chi connectivity index (χ2n) is 9.43. The van der Waals surface area contributed by atoms with Crippen LogP contribution in [0.5, 0.6) is 0 Å². The zero-order valence-corrected chi connectivity index (χ0v) is 20.0. The van der Waals surface area contributed by atoms with Gasteiger partial charge in [0.05, 0.1) is 5.57 Å². The number of nitrogens with zero attached hydrogens (tertiary/aromatic N) is 1. The van der Waals surface area contributed by atoms with Gasteiger partial charge < -0.3 is 5.32 Å². The molecular formula is C26H30FN3O3S. The number of carbonyl (C=O) groups excluding carboxylic acids is 1. The lowest BCUT2D eigenvalue weighted by Gasteiger charge is -2.27. The normalized spacial score (nSPS) is 19.9. The summed E-state index contributed by atoms with van der Waals surface area (Å²) >= 11 is 0. The van der Waals surface area contributed by atoms with Crippen LogP contribution in [0, 0.1) is 5.82 Å². The summed E-state index contributed by atoms with van der Waals surface area (Å²) in [5, 5.41) is 3.21. The molecule has 180 valence electrons. The number of nitrogens with one attached hydrogen (secondary N) is 2. The largest absolute Gasteiger partial charge is 0.322 e. The first kappa shape index (κ1) is 23.1. The van der Waals surface area contributed by atoms with Crippen LogP contribution >= 0.6 is 0 Å². The molecule has 0 saturated carbocycles. The summed E-state index contributed by atoms with van der Waals surface area (Å²) in [6, 6.07) is 8.46. The molecule has 8 heteroatoms. The minimum absolute atomic E-state index is 0.225. The Hall–Kier alpha value is -2.71. The Kier molecular flexibility index (Phi) is 6.70. The average Bonchev–Trinajstić information content (AvgIpc) is 3.56. The van der Waals surface area contributed by atoms with Gasteiger partial charge in [-0.1, -0.05) is 18.2 Å². The van der Waals surface area contributed by atoms with Crippen LogP contribution in [0.15, 0.2) is 42.1 Å². The number of hydrogen-bond acceptors (Lipinski definition) is 4. The highest BCUT2D eigenvalue weighted by molar-refractivity contribution is 7.70. The van der Waals surface area contributed by atoms with Gasteiger partial charge in [-0.2, -0.15) is 0 Å². The number of benzene rings is 2. The van der Waals surface area contributed by atoms with Crippen LogP contribution in [0.3, 0.4) is 0 Å². The van der Waals surface area contributed by atoms with Crippen molar-refractivity contribution in [3.63, 3.8) is 0 Å². The summed E-state index contributed by atoms with van der Waals surface area (Å²) in [5.74, 6) is -0.539. The molecule has 5 rings (SSSR count). The summed E-state index contributed by atoms with van der Waals surface area (Å²) in [7, 11) is -2.87. The first-order chi connectivity index (χ1) is 16.5. The molecule has 1 aliphatic heterocycles. The number of carbonyl (C=O) groups is 1. The standard InChI is InChI=1S/C26H30FN3O3S/c27-20-11-9-17(10-12-20)16-30-13-3-8-24(30)23(15-28-34(32)33)26(31)29-25-21-6-1-4-18(21)14-19-5-2-7-22(19)25/h9-12,14-15,24,34H,1-8,13,16H2,(H,29,31)(H,28,32,33). The third-order valence-electron chi connectivity index (χ3n) is 7.32. The minimum atomic E-state index is -2.87. The molecule has 1 unspecified atom stereocenters. The molecule has 2 N–H and O–H groups in total. The van der Waals surface area contributed by atoms with Crippen molar-refractivity contribution in [2.24, 2.45) is 0 Å². The summed E-state index contributed by atoms with van der Waals surface area (Å²) < 4.78 is 38.3. The summed E-state index contributed by atoms with van der Waals surface area (Å²) in [5.41, 5.74) is 7.47. The van der Waals surface area contributed by atoms with Crippen molar-refractivity contribution in [3.05, 3.63) is 75.7 Å². The van der Waals surface area contributed by atoms with Gasteiger partial charge in [-0.15, -0.1) is 0 Å². The Balaban J connectivity index is 1.43. The maximum Gasteiger partial charge on any atom is 0.254 e. The SMILES string of the molecule is O=C(Nc1c2c(cc3c1CCC3)CCC2)C(=CN[SH](=O)=O)C1CCCN1Cc1ccc(F)cc1. The maximum atomic E-state index is 13.7. The van der Waals surface area contributed by atoms with Crippen molar-refractivity contribution in [2.45, 2.75) is 64.0 Å². The van der Waals surface area contributed by atoms with E-state index in [-0.39, 0.29) is 17.8 Å². The quantitative estimate of drug-likeness (QED) is 0.417. The van der Waals surface area contributed by atoms with Crippen molar-refractivity contribution < 1.29 is 17.6 Å². The van der Waals surface area contributed by atoms with Crippen LogP contribution in [0.4, 0.5) is 10.1 Å². The molecule has 3 aliphatic rings. The lowest BCUT2D eigenvalue weighted by Crippen LogP contribution is -2.36. The van der Waals surface area contributed by atoms with Crippen LogP contribution in [-0.4, -0.2) is 31.8 Å². The smallest absolute Gasteiger partial charge is 0.254 e. The van der Waals surface area contributed by atoms with E-state index in [4.69, 9.17) is 0 Å². The van der Waals surface area contributed by atoms with Gasteiger partial charge in [0, 0.05) is 24.5 Å². The molecule has 6 nitrogen and oxygen atoms in total. The van der Waals surface area contributed by atoms with E-state index in [1.54, 1.807) is 12.1 Å². The highest BCUT2D eigenvalue weighted by Crippen LogP contribution is 2.39. The Bertz CT molecular complexity index is 1170. The fourth-order valence-corrected chi connectivity index (χ4v) is 6.02. The molecule has 0 bridgehead atoms. The molecule has 1 atom stereocenters. The van der Waals surface area contributed by atoms with Crippen LogP contribution in [0.25, 0.3) is 0 Å². The number of thiol groups is 1. The third kappa shape index (κ3) is 4.74. The second-order valence-corrected chi connectivity index (χ2v) is 10.2. The maximum absolute atomic E-state index is 13.7. The van der Waals surface area contributed by atoms with Crippen LogP contribution < -0.4 is 10.0 Å². The molecule has 1 saturated heterocycles. The van der Waals surface area contributed by atoms with E-state index in [2.05, 4.69) is 21.0 Å². The van der Waals surface area contributed by atoms with Crippen LogP contribution in [0.2, 0.25) is 0 Å². The highest BCUT2D eigenvalue weighted by Gasteiger charge is 2.33. The second kappa shape index (κ2) is 9.88. The Morgan fingerprint density at radius 1 is 1.03 bits per heavy atom. The molecule has 0 aromatic heterocycles. The molecule has 2 aromatic carbocycles. The van der Waals surface area contributed by atoms with E-state index < -0.39 is 10.9 Å². The fourth-order valence-electron chi connectivity index (χ4n) is 5.78.